The minimum Gasteiger partial charge on any atom is -0.493 e. The lowest BCUT2D eigenvalue weighted by atomic mass is 10.2. The minimum atomic E-state index is -0.718. The zero-order valence-electron chi connectivity index (χ0n) is 16.8. The molecule has 0 atom stereocenters. The maximum Gasteiger partial charge on any atom is 0.379 e. The van der Waals surface area contributed by atoms with Gasteiger partial charge in [0.05, 0.1) is 14.2 Å². The van der Waals surface area contributed by atoms with Gasteiger partial charge < -0.3 is 23.4 Å². The van der Waals surface area contributed by atoms with Crippen molar-refractivity contribution in [3.05, 3.63) is 83.6 Å². The van der Waals surface area contributed by atoms with Crippen molar-refractivity contribution in [2.45, 2.75) is 6.61 Å². The predicted molar refractivity (Wildman–Crippen MR) is 108 cm³/mol. The molecule has 0 spiro atoms. The third kappa shape index (κ3) is 5.96. The van der Waals surface area contributed by atoms with E-state index in [0.717, 1.165) is 0 Å². The molecule has 7 nitrogen and oxygen atoms in total. The normalized spacial score (nSPS) is 10.7. The quantitative estimate of drug-likeness (QED) is 0.300. The molecule has 0 aliphatic heterocycles. The lowest BCUT2D eigenvalue weighted by Gasteiger charge is -2.09. The van der Waals surface area contributed by atoms with Crippen LogP contribution in [0.4, 0.5) is 4.39 Å². The number of carbonyl (C=O) groups excluding carboxylic acids is 2. The molecule has 3 aromatic rings. The summed E-state index contributed by atoms with van der Waals surface area (Å²) < 4.78 is 39.0. The second-order valence-electron chi connectivity index (χ2n) is 6.16. The maximum atomic E-state index is 12.9. The Morgan fingerprint density at radius 2 is 1.77 bits per heavy atom. The summed E-state index contributed by atoms with van der Waals surface area (Å²) in [5, 5.41) is 0. The van der Waals surface area contributed by atoms with Gasteiger partial charge in [0.25, 0.3) is 0 Å². The largest absolute Gasteiger partial charge is 0.493 e. The van der Waals surface area contributed by atoms with Crippen LogP contribution in [0.5, 0.6) is 17.2 Å². The Balaban J connectivity index is 1.64. The predicted octanol–water partition coefficient (Wildman–Crippen LogP) is 4.41. The molecule has 0 saturated heterocycles. The van der Waals surface area contributed by atoms with E-state index in [2.05, 4.69) is 4.74 Å². The van der Waals surface area contributed by atoms with Gasteiger partial charge in [-0.1, -0.05) is 6.07 Å². The zero-order chi connectivity index (χ0) is 22.2. The number of benzene rings is 2. The standard InChI is InChI=1S/C23H19FO7/c1-27-21-13-15(4-12-22(25)28-2)3-10-19(21)31-23(26)20-11-9-18(30-20)14-29-17-7-5-16(24)6-8-17/h3-13H,14H2,1-2H3/b12-4+. The van der Waals surface area contributed by atoms with Crippen LogP contribution < -0.4 is 14.2 Å². The summed E-state index contributed by atoms with van der Waals surface area (Å²) in [6.07, 6.45) is 2.80. The first-order valence-corrected chi connectivity index (χ1v) is 9.12. The molecule has 160 valence electrons. The summed E-state index contributed by atoms with van der Waals surface area (Å²) in [6.45, 7) is 0.0590. The van der Waals surface area contributed by atoms with E-state index in [0.29, 0.717) is 22.8 Å². The van der Waals surface area contributed by atoms with Crippen LogP contribution in [0.3, 0.4) is 0 Å². The molecule has 0 bridgehead atoms. The van der Waals surface area contributed by atoms with Gasteiger partial charge in [-0.3, -0.25) is 0 Å². The van der Waals surface area contributed by atoms with E-state index in [1.54, 1.807) is 24.3 Å². The Labute approximate surface area is 177 Å². The van der Waals surface area contributed by atoms with Crippen LogP contribution in [0.2, 0.25) is 0 Å². The average molecular weight is 426 g/mol. The molecule has 0 aliphatic carbocycles. The molecule has 0 radical (unpaired) electrons. The van der Waals surface area contributed by atoms with Crippen molar-refractivity contribution in [2.75, 3.05) is 14.2 Å². The van der Waals surface area contributed by atoms with E-state index in [1.165, 1.54) is 56.7 Å². The van der Waals surface area contributed by atoms with Gasteiger partial charge in [0.1, 0.15) is 23.9 Å². The molecule has 0 aliphatic rings. The fourth-order valence-corrected chi connectivity index (χ4v) is 2.51. The van der Waals surface area contributed by atoms with E-state index >= 15 is 0 Å². The van der Waals surface area contributed by atoms with Crippen molar-refractivity contribution in [1.82, 2.24) is 0 Å². The number of carbonyl (C=O) groups is 2. The van der Waals surface area contributed by atoms with E-state index in [9.17, 15) is 14.0 Å². The SMILES string of the molecule is COC(=O)/C=C/c1ccc(OC(=O)c2ccc(COc3ccc(F)cc3)o2)c(OC)c1. The Bertz CT molecular complexity index is 1080. The average Bonchev–Trinajstić information content (AvgIpc) is 3.27. The molecule has 1 aromatic heterocycles. The van der Waals surface area contributed by atoms with Crippen LogP contribution in [0, 0.1) is 5.82 Å². The van der Waals surface area contributed by atoms with E-state index in [4.69, 9.17) is 18.6 Å². The lowest BCUT2D eigenvalue weighted by molar-refractivity contribution is -0.134. The number of hydrogen-bond donors (Lipinski definition) is 0. The molecule has 31 heavy (non-hydrogen) atoms. The Kier molecular flexibility index (Phi) is 7.05. The van der Waals surface area contributed by atoms with Crippen molar-refractivity contribution in [3.8, 4) is 17.2 Å². The topological polar surface area (TPSA) is 84.2 Å². The van der Waals surface area contributed by atoms with Crippen molar-refractivity contribution in [3.63, 3.8) is 0 Å². The highest BCUT2D eigenvalue weighted by Crippen LogP contribution is 2.29. The van der Waals surface area contributed by atoms with Gasteiger partial charge in [-0.15, -0.1) is 0 Å². The summed E-state index contributed by atoms with van der Waals surface area (Å²) in [7, 11) is 2.71. The summed E-state index contributed by atoms with van der Waals surface area (Å²) >= 11 is 0. The molecule has 0 N–H and O–H groups in total. The van der Waals surface area contributed by atoms with Crippen LogP contribution in [0.1, 0.15) is 21.9 Å². The second-order valence-corrected chi connectivity index (χ2v) is 6.16. The molecule has 3 rings (SSSR count). The first kappa shape index (κ1) is 21.6. The van der Waals surface area contributed by atoms with Crippen molar-refractivity contribution >= 4 is 18.0 Å². The van der Waals surface area contributed by atoms with Gasteiger partial charge in [0.2, 0.25) is 5.76 Å². The Morgan fingerprint density at radius 3 is 2.48 bits per heavy atom. The smallest absolute Gasteiger partial charge is 0.379 e. The minimum absolute atomic E-state index is 0.0191. The van der Waals surface area contributed by atoms with Crippen molar-refractivity contribution in [2.24, 2.45) is 0 Å². The third-order valence-corrected chi connectivity index (χ3v) is 4.06. The summed E-state index contributed by atoms with van der Waals surface area (Å²) in [5.74, 6) is -0.252. The van der Waals surface area contributed by atoms with Gasteiger partial charge in [0.15, 0.2) is 11.5 Å². The number of methoxy groups -OCH3 is 2. The summed E-state index contributed by atoms with van der Waals surface area (Å²) in [6, 6.07) is 13.4. The zero-order valence-corrected chi connectivity index (χ0v) is 16.8. The third-order valence-electron chi connectivity index (χ3n) is 4.06. The number of halogens is 1. The number of furan rings is 1. The number of rotatable bonds is 8. The van der Waals surface area contributed by atoms with Crippen LogP contribution in [-0.2, 0) is 16.1 Å². The van der Waals surface area contributed by atoms with E-state index in [-0.39, 0.29) is 23.9 Å². The molecule has 0 saturated carbocycles. The number of esters is 2. The Morgan fingerprint density at radius 1 is 1.00 bits per heavy atom. The first-order valence-electron chi connectivity index (χ1n) is 9.12. The van der Waals surface area contributed by atoms with Gasteiger partial charge in [-0.2, -0.15) is 0 Å². The number of hydrogen-bond acceptors (Lipinski definition) is 7. The monoisotopic (exact) mass is 426 g/mol. The van der Waals surface area contributed by atoms with E-state index in [1.807, 2.05) is 0 Å². The summed E-state index contributed by atoms with van der Waals surface area (Å²) in [5.41, 5.74) is 0.653. The Hall–Kier alpha value is -4.07. The first-order chi connectivity index (χ1) is 15.0. The van der Waals surface area contributed by atoms with Crippen LogP contribution in [0.15, 0.2) is 65.1 Å². The molecule has 0 amide bonds. The fraction of sp³-hybridized carbons (Fsp3) is 0.130. The van der Waals surface area contributed by atoms with Crippen LogP contribution in [0.25, 0.3) is 6.08 Å². The number of ether oxygens (including phenoxy) is 4. The highest BCUT2D eigenvalue weighted by molar-refractivity contribution is 5.89. The van der Waals surface area contributed by atoms with Gasteiger partial charge in [-0.25, -0.2) is 14.0 Å². The van der Waals surface area contributed by atoms with Gasteiger partial charge in [0, 0.05) is 6.08 Å². The molecular weight excluding hydrogens is 407 g/mol. The molecule has 0 fully saturated rings. The van der Waals surface area contributed by atoms with Crippen molar-refractivity contribution in [1.29, 1.82) is 0 Å². The highest BCUT2D eigenvalue weighted by atomic mass is 19.1. The maximum absolute atomic E-state index is 12.9. The molecular formula is C23H19FO7. The highest BCUT2D eigenvalue weighted by Gasteiger charge is 2.17. The van der Waals surface area contributed by atoms with Gasteiger partial charge >= 0.3 is 11.9 Å². The molecule has 1 heterocycles. The van der Waals surface area contributed by atoms with Crippen molar-refractivity contribution < 1.29 is 37.3 Å². The van der Waals surface area contributed by atoms with Gasteiger partial charge in [-0.05, 0) is 60.2 Å². The second kappa shape index (κ2) is 10.1. The molecule has 8 heteroatoms. The molecule has 0 unspecified atom stereocenters. The van der Waals surface area contributed by atoms with Crippen LogP contribution in [-0.4, -0.2) is 26.2 Å². The van der Waals surface area contributed by atoms with Crippen LogP contribution >= 0.6 is 0 Å². The molecule has 2 aromatic carbocycles. The fourth-order valence-electron chi connectivity index (χ4n) is 2.51. The summed E-state index contributed by atoms with van der Waals surface area (Å²) in [4.78, 5) is 23.6. The lowest BCUT2D eigenvalue weighted by Crippen LogP contribution is -2.08. The van der Waals surface area contributed by atoms with E-state index < -0.39 is 11.9 Å².